The van der Waals surface area contributed by atoms with Crippen molar-refractivity contribution < 1.29 is 9.72 Å². The van der Waals surface area contributed by atoms with Crippen molar-refractivity contribution in [1.82, 2.24) is 14.9 Å². The zero-order valence-electron chi connectivity index (χ0n) is 15.4. The van der Waals surface area contributed by atoms with Crippen LogP contribution in [0.3, 0.4) is 0 Å². The fourth-order valence-corrected chi connectivity index (χ4v) is 2.95. The number of carbonyl (C=O) groups excluding carboxylic acids is 1. The largest absolute Gasteiger partial charge is 0.352 e. The zero-order chi connectivity index (χ0) is 20.1. The van der Waals surface area contributed by atoms with Crippen molar-refractivity contribution in [2.75, 3.05) is 0 Å². The molecule has 1 atom stereocenters. The van der Waals surface area contributed by atoms with Gasteiger partial charge in [0.25, 0.3) is 11.2 Å². The van der Waals surface area contributed by atoms with Gasteiger partial charge >= 0.3 is 0 Å². The van der Waals surface area contributed by atoms with E-state index in [2.05, 4.69) is 10.3 Å². The third-order valence-corrected chi connectivity index (χ3v) is 4.45. The maximum absolute atomic E-state index is 12.6. The highest BCUT2D eigenvalue weighted by Crippen LogP contribution is 2.16. The number of carbonyl (C=O) groups is 1. The molecular weight excluding hydrogens is 360 g/mol. The Morgan fingerprint density at radius 1 is 1.25 bits per heavy atom. The molecule has 0 saturated heterocycles. The molecule has 2 aromatic carbocycles. The van der Waals surface area contributed by atoms with Crippen molar-refractivity contribution in [2.24, 2.45) is 0 Å². The monoisotopic (exact) mass is 380 g/mol. The van der Waals surface area contributed by atoms with Crippen LogP contribution in [0.5, 0.6) is 0 Å². The first kappa shape index (κ1) is 19.2. The van der Waals surface area contributed by atoms with Gasteiger partial charge in [-0.1, -0.05) is 30.3 Å². The molecule has 8 heteroatoms. The van der Waals surface area contributed by atoms with Gasteiger partial charge in [0.05, 0.1) is 22.2 Å². The lowest BCUT2D eigenvalue weighted by Crippen LogP contribution is -2.37. The maximum Gasteiger partial charge on any atom is 0.270 e. The lowest BCUT2D eigenvalue weighted by Gasteiger charge is -2.14. The number of amides is 1. The average molecular weight is 380 g/mol. The highest BCUT2D eigenvalue weighted by Gasteiger charge is 2.13. The van der Waals surface area contributed by atoms with E-state index in [9.17, 15) is 19.7 Å². The molecule has 28 heavy (non-hydrogen) atoms. The number of hydrogen-bond donors (Lipinski definition) is 1. The van der Waals surface area contributed by atoms with Gasteiger partial charge in [-0.3, -0.25) is 24.3 Å². The van der Waals surface area contributed by atoms with Crippen molar-refractivity contribution >= 4 is 22.5 Å². The molecule has 144 valence electrons. The molecule has 1 heterocycles. The standard InChI is InChI=1S/C20H20N4O4/c1-14(7-8-15-5-3-2-4-6-15)22-19(25)12-23-13-21-18-10-9-16(24(27)28)11-17(18)20(23)26/h2-6,9-11,13-14H,7-8,12H2,1H3,(H,22,25)/t14-/m0/s1. The van der Waals surface area contributed by atoms with Crippen LogP contribution < -0.4 is 10.9 Å². The molecule has 0 bridgehead atoms. The van der Waals surface area contributed by atoms with Gasteiger partial charge in [0.15, 0.2) is 0 Å². The van der Waals surface area contributed by atoms with Crippen molar-refractivity contribution in [3.63, 3.8) is 0 Å². The Bertz CT molecular complexity index is 1060. The van der Waals surface area contributed by atoms with E-state index in [0.29, 0.717) is 5.52 Å². The second kappa shape index (κ2) is 8.43. The number of fused-ring (bicyclic) bond motifs is 1. The molecule has 3 aromatic rings. The molecule has 0 aliphatic rings. The highest BCUT2D eigenvalue weighted by molar-refractivity contribution is 5.81. The molecule has 0 unspecified atom stereocenters. The van der Waals surface area contributed by atoms with Crippen molar-refractivity contribution in [3.05, 3.63) is 80.9 Å². The Morgan fingerprint density at radius 3 is 2.71 bits per heavy atom. The molecule has 8 nitrogen and oxygen atoms in total. The minimum atomic E-state index is -0.572. The highest BCUT2D eigenvalue weighted by atomic mass is 16.6. The second-order valence-electron chi connectivity index (χ2n) is 6.63. The molecule has 0 radical (unpaired) electrons. The summed E-state index contributed by atoms with van der Waals surface area (Å²) < 4.78 is 1.16. The normalized spacial score (nSPS) is 11.9. The molecule has 0 saturated carbocycles. The molecule has 0 fully saturated rings. The fourth-order valence-electron chi connectivity index (χ4n) is 2.95. The summed E-state index contributed by atoms with van der Waals surface area (Å²) in [6.45, 7) is 1.71. The van der Waals surface area contributed by atoms with Crippen molar-refractivity contribution in [2.45, 2.75) is 32.4 Å². The first-order valence-electron chi connectivity index (χ1n) is 8.91. The van der Waals surface area contributed by atoms with E-state index in [4.69, 9.17) is 0 Å². The number of benzene rings is 2. The number of nitrogens with one attached hydrogen (secondary N) is 1. The Hall–Kier alpha value is -3.55. The predicted octanol–water partition coefficient (Wildman–Crippen LogP) is 2.44. The minimum Gasteiger partial charge on any atom is -0.352 e. The fraction of sp³-hybridized carbons (Fsp3) is 0.250. The van der Waals surface area contributed by atoms with E-state index in [-0.39, 0.29) is 29.6 Å². The number of aromatic nitrogens is 2. The van der Waals surface area contributed by atoms with Crippen LogP contribution in [0, 0.1) is 10.1 Å². The van der Waals surface area contributed by atoms with Gasteiger partial charge in [0.1, 0.15) is 6.54 Å². The smallest absolute Gasteiger partial charge is 0.270 e. The summed E-state index contributed by atoms with van der Waals surface area (Å²) in [5.74, 6) is -0.311. The second-order valence-corrected chi connectivity index (χ2v) is 6.63. The van der Waals surface area contributed by atoms with Crippen LogP contribution >= 0.6 is 0 Å². The van der Waals surface area contributed by atoms with Crippen LogP contribution in [0.15, 0.2) is 59.7 Å². The molecule has 0 aliphatic heterocycles. The van der Waals surface area contributed by atoms with E-state index < -0.39 is 10.5 Å². The first-order chi connectivity index (χ1) is 13.4. The van der Waals surface area contributed by atoms with Gasteiger partial charge < -0.3 is 5.32 Å². The quantitative estimate of drug-likeness (QED) is 0.500. The average Bonchev–Trinajstić information content (AvgIpc) is 2.69. The Morgan fingerprint density at radius 2 is 2.00 bits per heavy atom. The van der Waals surface area contributed by atoms with Crippen LogP contribution in [-0.2, 0) is 17.8 Å². The number of non-ortho nitro benzene ring substituents is 1. The van der Waals surface area contributed by atoms with Gasteiger partial charge in [0.2, 0.25) is 5.91 Å². The summed E-state index contributed by atoms with van der Waals surface area (Å²) in [6, 6.07) is 13.8. The number of rotatable bonds is 7. The lowest BCUT2D eigenvalue weighted by molar-refractivity contribution is -0.384. The molecule has 1 amide bonds. The van der Waals surface area contributed by atoms with Crippen molar-refractivity contribution in [3.8, 4) is 0 Å². The Labute approximate surface area is 161 Å². The minimum absolute atomic E-state index is 0.0575. The number of hydrogen-bond acceptors (Lipinski definition) is 5. The molecule has 1 N–H and O–H groups in total. The van der Waals surface area contributed by atoms with Gasteiger partial charge in [-0.25, -0.2) is 4.98 Å². The summed E-state index contributed by atoms with van der Waals surface area (Å²) in [6.07, 6.45) is 2.89. The first-order valence-corrected chi connectivity index (χ1v) is 8.91. The third-order valence-electron chi connectivity index (χ3n) is 4.45. The SMILES string of the molecule is C[C@@H](CCc1ccccc1)NC(=O)Cn1cnc2ccc([N+](=O)[O-])cc2c1=O. The summed E-state index contributed by atoms with van der Waals surface area (Å²) >= 11 is 0. The molecule has 1 aromatic heterocycles. The Balaban J connectivity index is 1.66. The maximum atomic E-state index is 12.6. The summed E-state index contributed by atoms with van der Waals surface area (Å²) in [5.41, 5.74) is 0.868. The molecule has 0 spiro atoms. The van der Waals surface area contributed by atoms with Gasteiger partial charge in [0, 0.05) is 18.2 Å². The topological polar surface area (TPSA) is 107 Å². The number of nitrogens with zero attached hydrogens (tertiary/aromatic N) is 3. The summed E-state index contributed by atoms with van der Waals surface area (Å²) in [7, 11) is 0. The van der Waals surface area contributed by atoms with Gasteiger partial charge in [-0.05, 0) is 31.4 Å². The van der Waals surface area contributed by atoms with E-state index in [0.717, 1.165) is 17.4 Å². The van der Waals surface area contributed by atoms with Gasteiger partial charge in [-0.2, -0.15) is 0 Å². The number of aryl methyl sites for hydroxylation is 1. The molecule has 0 aliphatic carbocycles. The van der Waals surface area contributed by atoms with Crippen LogP contribution in [0.2, 0.25) is 0 Å². The van der Waals surface area contributed by atoms with Gasteiger partial charge in [-0.15, -0.1) is 0 Å². The number of nitro groups is 1. The molecular formula is C20H20N4O4. The summed E-state index contributed by atoms with van der Waals surface area (Å²) in [5, 5.41) is 13.9. The van der Waals surface area contributed by atoms with Crippen molar-refractivity contribution in [1.29, 1.82) is 0 Å². The van der Waals surface area contributed by atoms with Crippen LogP contribution in [-0.4, -0.2) is 26.4 Å². The third kappa shape index (κ3) is 4.59. The van der Waals surface area contributed by atoms with E-state index in [1.165, 1.54) is 30.1 Å². The van der Waals surface area contributed by atoms with Crippen LogP contribution in [0.25, 0.3) is 10.9 Å². The Kier molecular flexibility index (Phi) is 5.78. The predicted molar refractivity (Wildman–Crippen MR) is 105 cm³/mol. The van der Waals surface area contributed by atoms with E-state index in [1.807, 2.05) is 37.3 Å². The van der Waals surface area contributed by atoms with Crippen LogP contribution in [0.4, 0.5) is 5.69 Å². The molecule has 3 rings (SSSR count). The lowest BCUT2D eigenvalue weighted by atomic mass is 10.1. The summed E-state index contributed by atoms with van der Waals surface area (Å²) in [4.78, 5) is 39.3. The van der Waals surface area contributed by atoms with E-state index >= 15 is 0 Å². The van der Waals surface area contributed by atoms with E-state index in [1.54, 1.807) is 0 Å². The van der Waals surface area contributed by atoms with Crippen LogP contribution in [0.1, 0.15) is 18.9 Å². The zero-order valence-corrected chi connectivity index (χ0v) is 15.4. The number of nitro benzene ring substituents is 1.